The lowest BCUT2D eigenvalue weighted by atomic mass is 10.0. The molecule has 2 N–H and O–H groups in total. The molecule has 0 amide bonds. The zero-order valence-corrected chi connectivity index (χ0v) is 10.9. The molecule has 1 saturated heterocycles. The third-order valence-electron chi connectivity index (χ3n) is 4.02. The van der Waals surface area contributed by atoms with Crippen molar-refractivity contribution in [2.75, 3.05) is 19.6 Å². The van der Waals surface area contributed by atoms with Gasteiger partial charge in [-0.15, -0.1) is 0 Å². The summed E-state index contributed by atoms with van der Waals surface area (Å²) in [7, 11) is 0. The van der Waals surface area contributed by atoms with Crippen LogP contribution in [0.4, 0.5) is 8.78 Å². The van der Waals surface area contributed by atoms with Crippen LogP contribution in [0.15, 0.2) is 18.2 Å². The predicted molar refractivity (Wildman–Crippen MR) is 68.1 cm³/mol. The Hall–Kier alpha value is -1.00. The molecule has 0 saturated carbocycles. The summed E-state index contributed by atoms with van der Waals surface area (Å²) < 4.78 is 27.1. The summed E-state index contributed by atoms with van der Waals surface area (Å²) in [6.45, 7) is 6.44. The SMILES string of the molecule is CC1CN(C(CN)c2cccc(F)c2F)CC1C. The quantitative estimate of drug-likeness (QED) is 0.898. The van der Waals surface area contributed by atoms with Crippen molar-refractivity contribution in [1.29, 1.82) is 0 Å². The number of likely N-dealkylation sites (tertiary alicyclic amines) is 1. The topological polar surface area (TPSA) is 29.3 Å². The fourth-order valence-corrected chi connectivity index (χ4v) is 2.68. The first-order valence-corrected chi connectivity index (χ1v) is 6.42. The molecule has 2 rings (SSSR count). The number of hydrogen-bond donors (Lipinski definition) is 1. The molecule has 0 aromatic heterocycles. The van der Waals surface area contributed by atoms with Crippen molar-refractivity contribution in [3.63, 3.8) is 0 Å². The van der Waals surface area contributed by atoms with Gasteiger partial charge in [-0.1, -0.05) is 26.0 Å². The van der Waals surface area contributed by atoms with Gasteiger partial charge in [-0.05, 0) is 17.9 Å². The molecular formula is C14H20F2N2. The maximum atomic E-state index is 13.8. The third-order valence-corrected chi connectivity index (χ3v) is 4.02. The first-order valence-electron chi connectivity index (χ1n) is 6.42. The van der Waals surface area contributed by atoms with Crippen LogP contribution in [-0.2, 0) is 0 Å². The van der Waals surface area contributed by atoms with E-state index >= 15 is 0 Å². The monoisotopic (exact) mass is 254 g/mol. The minimum Gasteiger partial charge on any atom is -0.329 e. The highest BCUT2D eigenvalue weighted by atomic mass is 19.2. The Balaban J connectivity index is 2.26. The van der Waals surface area contributed by atoms with Gasteiger partial charge in [-0.2, -0.15) is 0 Å². The molecule has 1 aromatic rings. The molecular weight excluding hydrogens is 234 g/mol. The highest BCUT2D eigenvalue weighted by molar-refractivity contribution is 5.23. The molecule has 3 unspecified atom stereocenters. The lowest BCUT2D eigenvalue weighted by Crippen LogP contribution is -2.33. The largest absolute Gasteiger partial charge is 0.329 e. The molecule has 1 aliphatic heterocycles. The van der Waals surface area contributed by atoms with Gasteiger partial charge < -0.3 is 5.73 Å². The summed E-state index contributed by atoms with van der Waals surface area (Å²) in [6.07, 6.45) is 0. The molecule has 0 radical (unpaired) electrons. The van der Waals surface area contributed by atoms with Crippen LogP contribution in [0.5, 0.6) is 0 Å². The average molecular weight is 254 g/mol. The summed E-state index contributed by atoms with van der Waals surface area (Å²) >= 11 is 0. The molecule has 0 aliphatic carbocycles. The molecule has 1 aromatic carbocycles. The molecule has 2 nitrogen and oxygen atoms in total. The van der Waals surface area contributed by atoms with E-state index in [1.54, 1.807) is 12.1 Å². The Kier molecular flexibility index (Phi) is 3.97. The molecule has 1 aliphatic rings. The Bertz CT molecular complexity index is 412. The minimum absolute atomic E-state index is 0.229. The van der Waals surface area contributed by atoms with E-state index < -0.39 is 11.6 Å². The van der Waals surface area contributed by atoms with Gasteiger partial charge in [-0.3, -0.25) is 4.90 Å². The number of nitrogens with two attached hydrogens (primary N) is 1. The summed E-state index contributed by atoms with van der Waals surface area (Å²) in [5.41, 5.74) is 6.14. The van der Waals surface area contributed by atoms with Crippen molar-refractivity contribution < 1.29 is 8.78 Å². The third kappa shape index (κ3) is 2.40. The van der Waals surface area contributed by atoms with Crippen LogP contribution in [-0.4, -0.2) is 24.5 Å². The smallest absolute Gasteiger partial charge is 0.163 e. The van der Waals surface area contributed by atoms with Gasteiger partial charge in [0.25, 0.3) is 0 Å². The van der Waals surface area contributed by atoms with Gasteiger partial charge in [0.1, 0.15) is 0 Å². The van der Waals surface area contributed by atoms with Crippen LogP contribution >= 0.6 is 0 Å². The average Bonchev–Trinajstić information content (AvgIpc) is 2.66. The van der Waals surface area contributed by atoms with Gasteiger partial charge in [-0.25, -0.2) is 8.78 Å². The van der Waals surface area contributed by atoms with Crippen LogP contribution in [0.25, 0.3) is 0 Å². The maximum absolute atomic E-state index is 13.8. The van der Waals surface area contributed by atoms with E-state index in [4.69, 9.17) is 5.73 Å². The van der Waals surface area contributed by atoms with Crippen molar-refractivity contribution in [2.24, 2.45) is 17.6 Å². The van der Waals surface area contributed by atoms with Crippen LogP contribution in [0, 0.1) is 23.5 Å². The Morgan fingerprint density at radius 1 is 1.28 bits per heavy atom. The molecule has 100 valence electrons. The van der Waals surface area contributed by atoms with Crippen LogP contribution in [0.1, 0.15) is 25.5 Å². The summed E-state index contributed by atoms with van der Waals surface area (Å²) in [5.74, 6) is -0.433. The number of rotatable bonds is 3. The Labute approximate surface area is 107 Å². The summed E-state index contributed by atoms with van der Waals surface area (Å²) in [4.78, 5) is 2.16. The molecule has 18 heavy (non-hydrogen) atoms. The highest BCUT2D eigenvalue weighted by Gasteiger charge is 2.32. The van der Waals surface area contributed by atoms with Gasteiger partial charge in [0.2, 0.25) is 0 Å². The van der Waals surface area contributed by atoms with Crippen molar-refractivity contribution in [2.45, 2.75) is 19.9 Å². The zero-order chi connectivity index (χ0) is 13.3. The predicted octanol–water partition coefficient (Wildman–Crippen LogP) is 2.55. The summed E-state index contributed by atoms with van der Waals surface area (Å²) in [5, 5.41) is 0. The number of halogens is 2. The first kappa shape index (κ1) is 13.4. The van der Waals surface area contributed by atoms with E-state index in [0.29, 0.717) is 23.9 Å². The fraction of sp³-hybridized carbons (Fsp3) is 0.571. The zero-order valence-electron chi connectivity index (χ0n) is 10.9. The van der Waals surface area contributed by atoms with E-state index in [2.05, 4.69) is 18.7 Å². The summed E-state index contributed by atoms with van der Waals surface area (Å²) in [6, 6.07) is 4.08. The number of benzene rings is 1. The highest BCUT2D eigenvalue weighted by Crippen LogP contribution is 2.31. The molecule has 4 heteroatoms. The number of nitrogens with zero attached hydrogens (tertiary/aromatic N) is 1. The van der Waals surface area contributed by atoms with Crippen LogP contribution in [0.3, 0.4) is 0 Å². The van der Waals surface area contributed by atoms with E-state index in [1.165, 1.54) is 0 Å². The standard InChI is InChI=1S/C14H20F2N2/c1-9-7-18(8-10(9)2)13(6-17)11-4-3-5-12(15)14(11)16/h3-5,9-10,13H,6-8,17H2,1-2H3. The van der Waals surface area contributed by atoms with Crippen molar-refractivity contribution in [3.05, 3.63) is 35.4 Å². The van der Waals surface area contributed by atoms with Crippen molar-refractivity contribution >= 4 is 0 Å². The van der Waals surface area contributed by atoms with Gasteiger partial charge in [0.05, 0.1) is 6.04 Å². The molecule has 1 heterocycles. The van der Waals surface area contributed by atoms with E-state index in [9.17, 15) is 8.78 Å². The van der Waals surface area contributed by atoms with Gasteiger partial charge in [0.15, 0.2) is 11.6 Å². The second kappa shape index (κ2) is 5.33. The van der Waals surface area contributed by atoms with E-state index in [-0.39, 0.29) is 6.04 Å². The molecule has 3 atom stereocenters. The van der Waals surface area contributed by atoms with Gasteiger partial charge in [0, 0.05) is 25.2 Å². The van der Waals surface area contributed by atoms with E-state index in [0.717, 1.165) is 19.2 Å². The minimum atomic E-state index is -0.800. The normalized spacial score (nSPS) is 26.5. The molecule has 1 fully saturated rings. The molecule has 0 spiro atoms. The van der Waals surface area contributed by atoms with Crippen molar-refractivity contribution in [3.8, 4) is 0 Å². The second-order valence-corrected chi connectivity index (χ2v) is 5.30. The maximum Gasteiger partial charge on any atom is 0.163 e. The second-order valence-electron chi connectivity index (χ2n) is 5.30. The van der Waals surface area contributed by atoms with Crippen molar-refractivity contribution in [1.82, 2.24) is 4.90 Å². The van der Waals surface area contributed by atoms with E-state index in [1.807, 2.05) is 0 Å². The lowest BCUT2D eigenvalue weighted by Gasteiger charge is -2.27. The fourth-order valence-electron chi connectivity index (χ4n) is 2.68. The molecule has 0 bridgehead atoms. The van der Waals surface area contributed by atoms with Crippen LogP contribution in [0.2, 0.25) is 0 Å². The first-order chi connectivity index (χ1) is 8.54. The van der Waals surface area contributed by atoms with Crippen LogP contribution < -0.4 is 5.73 Å². The number of hydrogen-bond acceptors (Lipinski definition) is 2. The lowest BCUT2D eigenvalue weighted by molar-refractivity contribution is 0.233. The van der Waals surface area contributed by atoms with Gasteiger partial charge >= 0.3 is 0 Å². The Morgan fingerprint density at radius 3 is 2.44 bits per heavy atom. The Morgan fingerprint density at radius 2 is 1.89 bits per heavy atom.